The fraction of sp³-hybridized carbons (Fsp3) is 0.222. The number of carbonyl (C=O) groups excluding carboxylic acids is 1. The molecule has 1 amide bonds. The van der Waals surface area contributed by atoms with Crippen LogP contribution in [-0.4, -0.2) is 16.1 Å². The van der Waals surface area contributed by atoms with Crippen molar-refractivity contribution >= 4 is 52.1 Å². The summed E-state index contributed by atoms with van der Waals surface area (Å²) in [6.07, 6.45) is 0. The molecule has 0 saturated carbocycles. The van der Waals surface area contributed by atoms with Gasteiger partial charge in [-0.25, -0.2) is 0 Å². The van der Waals surface area contributed by atoms with Crippen molar-refractivity contribution in [2.45, 2.75) is 26.2 Å². The van der Waals surface area contributed by atoms with E-state index >= 15 is 0 Å². The summed E-state index contributed by atoms with van der Waals surface area (Å²) in [4.78, 5) is 12.3. The molecule has 25 heavy (non-hydrogen) atoms. The molecule has 2 aromatic carbocycles. The highest BCUT2D eigenvalue weighted by atomic mass is 35.5. The molecule has 2 aromatic rings. The first-order valence-electron chi connectivity index (χ1n) is 7.49. The standard InChI is InChI=1S/C18H18Cl2N2O2S/c1-18(2,3)11-6-4-10(5-7-11)16(24)22-17(25)21-12-8-13(19)15(23)14(20)9-12/h4-9,23H,1-3H3,(H2,21,22,24,25). The van der Waals surface area contributed by atoms with Crippen LogP contribution in [0.4, 0.5) is 5.69 Å². The van der Waals surface area contributed by atoms with Gasteiger partial charge in [0.2, 0.25) is 0 Å². The lowest BCUT2D eigenvalue weighted by Gasteiger charge is -2.19. The zero-order valence-electron chi connectivity index (χ0n) is 14.0. The van der Waals surface area contributed by atoms with Crippen LogP contribution in [0.1, 0.15) is 36.7 Å². The van der Waals surface area contributed by atoms with Crippen LogP contribution in [0, 0.1) is 0 Å². The topological polar surface area (TPSA) is 61.4 Å². The Labute approximate surface area is 162 Å². The smallest absolute Gasteiger partial charge is 0.257 e. The molecular formula is C18H18Cl2N2O2S. The first kappa shape index (κ1) is 19.5. The van der Waals surface area contributed by atoms with Crippen molar-refractivity contribution < 1.29 is 9.90 Å². The molecule has 3 N–H and O–H groups in total. The minimum Gasteiger partial charge on any atom is -0.505 e. The molecule has 0 unspecified atom stereocenters. The van der Waals surface area contributed by atoms with Gasteiger partial charge in [-0.15, -0.1) is 0 Å². The number of benzene rings is 2. The fourth-order valence-electron chi connectivity index (χ4n) is 2.10. The number of carbonyl (C=O) groups is 1. The van der Waals surface area contributed by atoms with Crippen LogP contribution in [0.25, 0.3) is 0 Å². The van der Waals surface area contributed by atoms with Gasteiger partial charge in [0, 0.05) is 11.3 Å². The zero-order chi connectivity index (χ0) is 18.8. The number of hydrogen-bond acceptors (Lipinski definition) is 3. The first-order valence-corrected chi connectivity index (χ1v) is 8.65. The molecule has 0 aliphatic rings. The van der Waals surface area contributed by atoms with Crippen molar-refractivity contribution in [3.8, 4) is 5.75 Å². The van der Waals surface area contributed by atoms with E-state index in [1.165, 1.54) is 12.1 Å². The Morgan fingerprint density at radius 2 is 1.60 bits per heavy atom. The highest BCUT2D eigenvalue weighted by Crippen LogP contribution is 2.34. The number of anilines is 1. The normalized spacial score (nSPS) is 11.1. The average Bonchev–Trinajstić information content (AvgIpc) is 2.51. The number of nitrogens with one attached hydrogen (secondary N) is 2. The summed E-state index contributed by atoms with van der Waals surface area (Å²) < 4.78 is 0. The number of halogens is 2. The lowest BCUT2D eigenvalue weighted by molar-refractivity contribution is 0.0977. The van der Waals surface area contributed by atoms with Crippen LogP contribution in [0.2, 0.25) is 10.0 Å². The molecule has 0 saturated heterocycles. The quantitative estimate of drug-likeness (QED) is 0.486. The summed E-state index contributed by atoms with van der Waals surface area (Å²) in [6.45, 7) is 6.32. The molecule has 0 radical (unpaired) electrons. The third kappa shape index (κ3) is 5.08. The Morgan fingerprint density at radius 1 is 1.08 bits per heavy atom. The zero-order valence-corrected chi connectivity index (χ0v) is 16.3. The van der Waals surface area contributed by atoms with Crippen molar-refractivity contribution in [2.24, 2.45) is 0 Å². The van der Waals surface area contributed by atoms with E-state index in [1.807, 2.05) is 12.1 Å². The van der Waals surface area contributed by atoms with Crippen LogP contribution in [0.3, 0.4) is 0 Å². The number of aromatic hydroxyl groups is 1. The summed E-state index contributed by atoms with van der Waals surface area (Å²) in [5.41, 5.74) is 2.11. The van der Waals surface area contributed by atoms with Crippen LogP contribution in [0.5, 0.6) is 5.75 Å². The second-order valence-electron chi connectivity index (χ2n) is 6.52. The molecule has 0 spiro atoms. The third-order valence-corrected chi connectivity index (χ3v) is 4.30. The van der Waals surface area contributed by atoms with Gasteiger partial charge < -0.3 is 10.4 Å². The average molecular weight is 397 g/mol. The van der Waals surface area contributed by atoms with Gasteiger partial charge in [0.05, 0.1) is 10.0 Å². The van der Waals surface area contributed by atoms with E-state index in [0.717, 1.165) is 5.56 Å². The largest absolute Gasteiger partial charge is 0.505 e. The molecule has 2 rings (SSSR count). The molecule has 0 heterocycles. The lowest BCUT2D eigenvalue weighted by Crippen LogP contribution is -2.34. The molecule has 0 aromatic heterocycles. The van der Waals surface area contributed by atoms with Crippen molar-refractivity contribution in [3.63, 3.8) is 0 Å². The molecular weight excluding hydrogens is 379 g/mol. The van der Waals surface area contributed by atoms with Gasteiger partial charge in [0.1, 0.15) is 0 Å². The maximum absolute atomic E-state index is 12.3. The number of rotatable bonds is 2. The Bertz CT molecular complexity index is 792. The summed E-state index contributed by atoms with van der Waals surface area (Å²) in [7, 11) is 0. The Morgan fingerprint density at radius 3 is 2.08 bits per heavy atom. The van der Waals surface area contributed by atoms with E-state index in [4.69, 9.17) is 35.4 Å². The second kappa shape index (κ2) is 7.60. The van der Waals surface area contributed by atoms with Crippen LogP contribution in [-0.2, 0) is 5.41 Å². The van der Waals surface area contributed by atoms with Gasteiger partial charge in [0.25, 0.3) is 5.91 Å². The summed E-state index contributed by atoms with van der Waals surface area (Å²) in [6, 6.07) is 10.3. The summed E-state index contributed by atoms with van der Waals surface area (Å²) >= 11 is 16.8. The molecule has 0 bridgehead atoms. The highest BCUT2D eigenvalue weighted by Gasteiger charge is 2.15. The number of hydrogen-bond donors (Lipinski definition) is 3. The van der Waals surface area contributed by atoms with E-state index in [-0.39, 0.29) is 32.2 Å². The van der Waals surface area contributed by atoms with Gasteiger partial charge in [0.15, 0.2) is 10.9 Å². The lowest BCUT2D eigenvalue weighted by atomic mass is 9.87. The molecule has 132 valence electrons. The van der Waals surface area contributed by atoms with E-state index in [1.54, 1.807) is 12.1 Å². The predicted molar refractivity (Wildman–Crippen MR) is 107 cm³/mol. The number of thiocarbonyl (C=S) groups is 1. The van der Waals surface area contributed by atoms with Gasteiger partial charge >= 0.3 is 0 Å². The van der Waals surface area contributed by atoms with Crippen molar-refractivity contribution in [1.29, 1.82) is 0 Å². The van der Waals surface area contributed by atoms with Gasteiger partial charge in [-0.05, 0) is 47.5 Å². The monoisotopic (exact) mass is 396 g/mol. The Balaban J connectivity index is 2.04. The van der Waals surface area contributed by atoms with Crippen molar-refractivity contribution in [3.05, 3.63) is 57.6 Å². The molecule has 0 fully saturated rings. The SMILES string of the molecule is CC(C)(C)c1ccc(C(=O)NC(=S)Nc2cc(Cl)c(O)c(Cl)c2)cc1. The number of amides is 1. The summed E-state index contributed by atoms with van der Waals surface area (Å²) in [5, 5.41) is 15.2. The van der Waals surface area contributed by atoms with Gasteiger partial charge in [-0.1, -0.05) is 56.1 Å². The fourth-order valence-corrected chi connectivity index (χ4v) is 2.79. The second-order valence-corrected chi connectivity index (χ2v) is 7.75. The van der Waals surface area contributed by atoms with Crippen LogP contribution < -0.4 is 10.6 Å². The molecule has 7 heteroatoms. The molecule has 0 aliphatic heterocycles. The first-order chi connectivity index (χ1) is 11.6. The number of phenolic OH excluding ortho intramolecular Hbond substituents is 1. The van der Waals surface area contributed by atoms with Crippen molar-refractivity contribution in [1.82, 2.24) is 5.32 Å². The molecule has 0 atom stereocenters. The van der Waals surface area contributed by atoms with Crippen LogP contribution >= 0.6 is 35.4 Å². The number of phenols is 1. The third-order valence-electron chi connectivity index (χ3n) is 3.51. The Kier molecular flexibility index (Phi) is 5.93. The highest BCUT2D eigenvalue weighted by molar-refractivity contribution is 7.80. The minimum atomic E-state index is -0.325. The predicted octanol–water partition coefficient (Wildman–Crippen LogP) is 5.12. The maximum atomic E-state index is 12.3. The van der Waals surface area contributed by atoms with Gasteiger partial charge in [-0.2, -0.15) is 0 Å². The summed E-state index contributed by atoms with van der Waals surface area (Å²) in [5.74, 6) is -0.531. The molecule has 0 aliphatic carbocycles. The maximum Gasteiger partial charge on any atom is 0.257 e. The van der Waals surface area contributed by atoms with E-state index in [9.17, 15) is 9.90 Å². The van der Waals surface area contributed by atoms with E-state index in [2.05, 4.69) is 31.4 Å². The molecule has 4 nitrogen and oxygen atoms in total. The Hall–Kier alpha value is -1.82. The minimum absolute atomic E-state index is 0.0171. The van der Waals surface area contributed by atoms with E-state index < -0.39 is 0 Å². The van der Waals surface area contributed by atoms with Crippen molar-refractivity contribution in [2.75, 3.05) is 5.32 Å². The van der Waals surface area contributed by atoms with Crippen LogP contribution in [0.15, 0.2) is 36.4 Å². The van der Waals surface area contributed by atoms with Gasteiger partial charge in [-0.3, -0.25) is 10.1 Å². The van der Waals surface area contributed by atoms with E-state index in [0.29, 0.717) is 11.3 Å².